The van der Waals surface area contributed by atoms with Crippen molar-refractivity contribution < 1.29 is 4.79 Å². The van der Waals surface area contributed by atoms with E-state index in [1.54, 1.807) is 0 Å². The van der Waals surface area contributed by atoms with Gasteiger partial charge < -0.3 is 4.67 Å². The van der Waals surface area contributed by atoms with E-state index in [0.717, 1.165) is 37.3 Å². The van der Waals surface area contributed by atoms with Gasteiger partial charge in [-0.3, -0.25) is 10.2 Å². The third kappa shape index (κ3) is 3.18. The van der Waals surface area contributed by atoms with Crippen molar-refractivity contribution in [2.75, 3.05) is 11.2 Å². The number of nitrogens with one attached hydrogen (secondary N) is 1. The summed E-state index contributed by atoms with van der Waals surface area (Å²) in [4.78, 5) is 15.7. The average molecular weight is 266 g/mol. The van der Waals surface area contributed by atoms with Gasteiger partial charge >= 0.3 is 0 Å². The van der Waals surface area contributed by atoms with Crippen molar-refractivity contribution in [1.29, 1.82) is 0 Å². The molecule has 1 unspecified atom stereocenters. The van der Waals surface area contributed by atoms with Crippen molar-refractivity contribution in [2.45, 2.75) is 32.1 Å². The quantitative estimate of drug-likeness (QED) is 0.368. The molecule has 2 rings (SSSR count). The minimum Gasteiger partial charge on any atom is -0.341 e. The fraction of sp³-hybridized carbons (Fsp3) is 0.500. The number of anilines is 1. The number of rotatable bonds is 4. The Hall–Kier alpha value is -1.19. The minimum atomic E-state index is -0.124. The fourth-order valence-electron chi connectivity index (χ4n) is 2.15. The molecule has 0 bridgehead atoms. The van der Waals surface area contributed by atoms with Gasteiger partial charge in [0.1, 0.15) is 5.82 Å². The van der Waals surface area contributed by atoms with E-state index in [0.29, 0.717) is 6.42 Å². The van der Waals surface area contributed by atoms with E-state index in [9.17, 15) is 4.79 Å². The van der Waals surface area contributed by atoms with Crippen LogP contribution in [0.5, 0.6) is 0 Å². The number of pyridine rings is 1. The summed E-state index contributed by atoms with van der Waals surface area (Å²) in [5.74, 6) is 5.97. The number of amides is 1. The van der Waals surface area contributed by atoms with Crippen molar-refractivity contribution >= 4 is 21.1 Å². The van der Waals surface area contributed by atoms with Gasteiger partial charge in [0.2, 0.25) is 5.91 Å². The summed E-state index contributed by atoms with van der Waals surface area (Å²) < 4.78 is 2.12. The maximum absolute atomic E-state index is 11.0. The van der Waals surface area contributed by atoms with Crippen molar-refractivity contribution in [3.05, 3.63) is 23.4 Å². The molecule has 1 aromatic heterocycles. The standard InChI is InChI=1S/C12H19N4OP/c13-15-11(17)5-1-4-10-7-6-9-3-2-8-16(18)12(9)14-10/h6-7H,1-5,8,13,18H2,(H,15,17). The van der Waals surface area contributed by atoms with Gasteiger partial charge in [-0.1, -0.05) is 6.07 Å². The zero-order valence-corrected chi connectivity index (χ0v) is 11.5. The molecular formula is C12H19N4OP. The van der Waals surface area contributed by atoms with Gasteiger partial charge in [-0.15, -0.1) is 0 Å². The van der Waals surface area contributed by atoms with Crippen molar-refractivity contribution in [3.8, 4) is 0 Å². The summed E-state index contributed by atoms with van der Waals surface area (Å²) in [6.45, 7) is 1.03. The van der Waals surface area contributed by atoms with E-state index in [2.05, 4.69) is 36.6 Å². The lowest BCUT2D eigenvalue weighted by Gasteiger charge is -2.26. The molecule has 0 aromatic carbocycles. The molecule has 18 heavy (non-hydrogen) atoms. The largest absolute Gasteiger partial charge is 0.341 e. The highest BCUT2D eigenvalue weighted by molar-refractivity contribution is 7.19. The molecule has 1 amide bonds. The number of aromatic nitrogens is 1. The summed E-state index contributed by atoms with van der Waals surface area (Å²) in [5.41, 5.74) is 4.48. The second-order valence-corrected chi connectivity index (χ2v) is 5.13. The summed E-state index contributed by atoms with van der Waals surface area (Å²) >= 11 is 0. The van der Waals surface area contributed by atoms with Gasteiger partial charge in [0.15, 0.2) is 0 Å². The molecule has 0 aliphatic carbocycles. The molecule has 1 aliphatic heterocycles. The highest BCUT2D eigenvalue weighted by Crippen LogP contribution is 2.27. The zero-order chi connectivity index (χ0) is 13.0. The van der Waals surface area contributed by atoms with Gasteiger partial charge in [-0.25, -0.2) is 10.8 Å². The van der Waals surface area contributed by atoms with Crippen molar-refractivity contribution in [1.82, 2.24) is 10.4 Å². The molecule has 0 spiro atoms. The second-order valence-electron chi connectivity index (χ2n) is 4.50. The van der Waals surface area contributed by atoms with Crippen LogP contribution in [0.4, 0.5) is 5.82 Å². The molecule has 0 saturated heterocycles. The summed E-state index contributed by atoms with van der Waals surface area (Å²) in [5, 5.41) is 0. The number of nitrogens with zero attached hydrogens (tertiary/aromatic N) is 2. The predicted octanol–water partition coefficient (Wildman–Crippen LogP) is 0.937. The van der Waals surface area contributed by atoms with E-state index < -0.39 is 0 Å². The summed E-state index contributed by atoms with van der Waals surface area (Å²) in [7, 11) is 2.72. The first kappa shape index (κ1) is 13.2. The van der Waals surface area contributed by atoms with Gasteiger partial charge in [-0.2, -0.15) is 0 Å². The minimum absolute atomic E-state index is 0.124. The van der Waals surface area contributed by atoms with Crippen LogP contribution in [0.15, 0.2) is 12.1 Å². The van der Waals surface area contributed by atoms with Crippen LogP contribution >= 0.6 is 9.39 Å². The highest BCUT2D eigenvalue weighted by atomic mass is 31.0. The monoisotopic (exact) mass is 266 g/mol. The third-order valence-corrected chi connectivity index (χ3v) is 3.63. The van der Waals surface area contributed by atoms with Crippen molar-refractivity contribution in [2.24, 2.45) is 5.84 Å². The maximum atomic E-state index is 11.0. The first-order valence-electron chi connectivity index (χ1n) is 6.21. The number of carbonyl (C=O) groups is 1. The van der Waals surface area contributed by atoms with E-state index in [1.165, 1.54) is 12.0 Å². The highest BCUT2D eigenvalue weighted by Gasteiger charge is 2.15. The maximum Gasteiger partial charge on any atom is 0.233 e. The predicted molar refractivity (Wildman–Crippen MR) is 74.9 cm³/mol. The Morgan fingerprint density at radius 2 is 2.39 bits per heavy atom. The third-order valence-electron chi connectivity index (χ3n) is 3.13. The molecular weight excluding hydrogens is 247 g/mol. The topological polar surface area (TPSA) is 71.2 Å². The Balaban J connectivity index is 1.98. The number of nitrogens with two attached hydrogens (primary N) is 1. The van der Waals surface area contributed by atoms with Crippen molar-refractivity contribution in [3.63, 3.8) is 0 Å². The van der Waals surface area contributed by atoms with Crippen LogP contribution in [-0.4, -0.2) is 17.4 Å². The van der Waals surface area contributed by atoms with Gasteiger partial charge in [0.05, 0.1) is 0 Å². The van der Waals surface area contributed by atoms with Crippen LogP contribution in [0.2, 0.25) is 0 Å². The van der Waals surface area contributed by atoms with Crippen LogP contribution in [0.25, 0.3) is 0 Å². The Bertz CT molecular complexity index is 438. The molecule has 1 aromatic rings. The number of fused-ring (bicyclic) bond motifs is 1. The SMILES string of the molecule is NNC(=O)CCCc1ccc2c(n1)N(P)CCC2. The van der Waals surface area contributed by atoms with E-state index in [4.69, 9.17) is 5.84 Å². The Morgan fingerprint density at radius 1 is 1.56 bits per heavy atom. The molecule has 5 nitrogen and oxygen atoms in total. The number of hydrogen-bond donors (Lipinski definition) is 2. The van der Waals surface area contributed by atoms with Crippen LogP contribution in [0.1, 0.15) is 30.5 Å². The van der Waals surface area contributed by atoms with Gasteiger partial charge in [-0.05, 0) is 46.7 Å². The molecule has 1 aliphatic rings. The molecule has 0 radical (unpaired) electrons. The molecule has 98 valence electrons. The fourth-order valence-corrected chi connectivity index (χ4v) is 2.55. The average Bonchev–Trinajstić information content (AvgIpc) is 2.39. The number of hydrazine groups is 1. The summed E-state index contributed by atoms with van der Waals surface area (Å²) in [6.07, 6.45) is 4.29. The van der Waals surface area contributed by atoms with Crippen LogP contribution in [-0.2, 0) is 17.6 Å². The molecule has 3 N–H and O–H groups in total. The van der Waals surface area contributed by atoms with E-state index in [-0.39, 0.29) is 5.91 Å². The molecule has 1 atom stereocenters. The normalized spacial score (nSPS) is 14.2. The lowest BCUT2D eigenvalue weighted by atomic mass is 10.1. The first-order valence-corrected chi connectivity index (χ1v) is 6.73. The summed E-state index contributed by atoms with van der Waals surface area (Å²) in [6, 6.07) is 4.21. The zero-order valence-electron chi connectivity index (χ0n) is 10.4. The number of hydrogen-bond acceptors (Lipinski definition) is 4. The molecule has 2 heterocycles. The van der Waals surface area contributed by atoms with Gasteiger partial charge in [0, 0.05) is 18.7 Å². The van der Waals surface area contributed by atoms with Gasteiger partial charge in [0.25, 0.3) is 0 Å². The lowest BCUT2D eigenvalue weighted by molar-refractivity contribution is -0.121. The molecule has 6 heteroatoms. The van der Waals surface area contributed by atoms with E-state index in [1.807, 2.05) is 0 Å². The Kier molecular flexibility index (Phi) is 4.50. The lowest BCUT2D eigenvalue weighted by Crippen LogP contribution is -2.29. The van der Waals surface area contributed by atoms with Crippen LogP contribution in [0.3, 0.4) is 0 Å². The van der Waals surface area contributed by atoms with E-state index >= 15 is 0 Å². The van der Waals surface area contributed by atoms with Crippen LogP contribution < -0.4 is 15.9 Å². The number of aryl methyl sites for hydroxylation is 2. The smallest absolute Gasteiger partial charge is 0.233 e. The Labute approximate surface area is 109 Å². The van der Waals surface area contributed by atoms with Crippen LogP contribution in [0, 0.1) is 0 Å². The molecule has 0 saturated carbocycles. The number of carbonyl (C=O) groups excluding carboxylic acids is 1. The second kappa shape index (κ2) is 6.12. The Morgan fingerprint density at radius 3 is 3.17 bits per heavy atom. The molecule has 0 fully saturated rings. The first-order chi connectivity index (χ1) is 8.70.